The zero-order valence-electron chi connectivity index (χ0n) is 11.5. The third kappa shape index (κ3) is 3.21. The van der Waals surface area contributed by atoms with Crippen molar-refractivity contribution in [1.29, 1.82) is 0 Å². The molecule has 2 aromatic heterocycles. The van der Waals surface area contributed by atoms with Crippen molar-refractivity contribution in [3.8, 4) is 0 Å². The molecule has 0 aliphatic carbocycles. The minimum absolute atomic E-state index is 0.0834. The fraction of sp³-hybridized carbons (Fsp3) is 0.429. The highest BCUT2D eigenvalue weighted by Gasteiger charge is 2.35. The van der Waals surface area contributed by atoms with Gasteiger partial charge in [0.1, 0.15) is 5.82 Å². The van der Waals surface area contributed by atoms with Crippen molar-refractivity contribution < 1.29 is 17.6 Å². The van der Waals surface area contributed by atoms with E-state index in [-0.39, 0.29) is 5.92 Å². The van der Waals surface area contributed by atoms with Crippen LogP contribution in [-0.4, -0.2) is 23.1 Å². The molecule has 1 aliphatic heterocycles. The Labute approximate surface area is 128 Å². The highest BCUT2D eigenvalue weighted by molar-refractivity contribution is 7.09. The lowest BCUT2D eigenvalue weighted by molar-refractivity contribution is -0.140. The lowest BCUT2D eigenvalue weighted by Gasteiger charge is -2.32. The SMILES string of the molecule is Fc1cccc(N2CCCC(c3nc(C(F)(F)F)cs3)C2)n1. The van der Waals surface area contributed by atoms with E-state index in [9.17, 15) is 17.6 Å². The number of alkyl halides is 3. The highest BCUT2D eigenvalue weighted by atomic mass is 32.1. The number of thiazole rings is 1. The van der Waals surface area contributed by atoms with E-state index in [2.05, 4.69) is 9.97 Å². The topological polar surface area (TPSA) is 29.0 Å². The molecule has 1 saturated heterocycles. The molecule has 0 saturated carbocycles. The molecule has 2 aromatic rings. The minimum atomic E-state index is -4.41. The first-order valence-electron chi connectivity index (χ1n) is 6.83. The second-order valence-corrected chi connectivity index (χ2v) is 6.06. The Bertz CT molecular complexity index is 656. The van der Waals surface area contributed by atoms with Crippen molar-refractivity contribution in [3.63, 3.8) is 0 Å². The third-order valence-electron chi connectivity index (χ3n) is 3.61. The molecule has 3 nitrogen and oxygen atoms in total. The fourth-order valence-electron chi connectivity index (χ4n) is 2.57. The van der Waals surface area contributed by atoms with Crippen molar-refractivity contribution in [2.24, 2.45) is 0 Å². The summed E-state index contributed by atoms with van der Waals surface area (Å²) < 4.78 is 51.1. The van der Waals surface area contributed by atoms with Gasteiger partial charge < -0.3 is 4.90 Å². The molecule has 1 atom stereocenters. The molecule has 3 rings (SSSR count). The van der Waals surface area contributed by atoms with Gasteiger partial charge >= 0.3 is 6.18 Å². The van der Waals surface area contributed by atoms with Crippen LogP contribution >= 0.6 is 11.3 Å². The molecular weight excluding hydrogens is 318 g/mol. The molecule has 0 bridgehead atoms. The summed E-state index contributed by atoms with van der Waals surface area (Å²) in [6.45, 7) is 1.21. The smallest absolute Gasteiger partial charge is 0.356 e. The van der Waals surface area contributed by atoms with Crippen LogP contribution in [0.1, 0.15) is 29.5 Å². The van der Waals surface area contributed by atoms with Gasteiger partial charge in [-0.2, -0.15) is 17.6 Å². The second kappa shape index (κ2) is 5.83. The average Bonchev–Trinajstić information content (AvgIpc) is 2.97. The maximum Gasteiger partial charge on any atom is 0.434 e. The summed E-state index contributed by atoms with van der Waals surface area (Å²) in [6.07, 6.45) is -2.83. The molecule has 0 spiro atoms. The Kier molecular flexibility index (Phi) is 4.03. The lowest BCUT2D eigenvalue weighted by Crippen LogP contribution is -2.35. The van der Waals surface area contributed by atoms with Gasteiger partial charge in [0.15, 0.2) is 5.69 Å². The Hall–Kier alpha value is -1.70. The molecule has 3 heterocycles. The number of nitrogens with zero attached hydrogens (tertiary/aromatic N) is 3. The third-order valence-corrected chi connectivity index (χ3v) is 4.61. The molecule has 1 unspecified atom stereocenters. The van der Waals surface area contributed by atoms with Crippen molar-refractivity contribution in [2.75, 3.05) is 18.0 Å². The van der Waals surface area contributed by atoms with Crippen LogP contribution in [0.3, 0.4) is 0 Å². The number of aromatic nitrogens is 2. The number of anilines is 1. The van der Waals surface area contributed by atoms with Gasteiger partial charge in [-0.15, -0.1) is 11.3 Å². The van der Waals surface area contributed by atoms with Gasteiger partial charge in [0, 0.05) is 24.4 Å². The first kappa shape index (κ1) is 15.2. The molecule has 0 aromatic carbocycles. The number of hydrogen-bond acceptors (Lipinski definition) is 4. The quantitative estimate of drug-likeness (QED) is 0.613. The normalized spacial score (nSPS) is 19.5. The monoisotopic (exact) mass is 331 g/mol. The fourth-order valence-corrected chi connectivity index (χ4v) is 3.52. The van der Waals surface area contributed by atoms with Gasteiger partial charge in [-0.25, -0.2) is 9.97 Å². The molecule has 1 aliphatic rings. The maximum atomic E-state index is 13.2. The van der Waals surface area contributed by atoms with Crippen LogP contribution in [0.15, 0.2) is 23.6 Å². The lowest BCUT2D eigenvalue weighted by atomic mass is 9.99. The molecular formula is C14H13F4N3S. The summed E-state index contributed by atoms with van der Waals surface area (Å²) >= 11 is 1.03. The number of halogens is 4. The number of pyridine rings is 1. The van der Waals surface area contributed by atoms with E-state index in [1.54, 1.807) is 12.1 Å². The van der Waals surface area contributed by atoms with Crippen LogP contribution in [0.25, 0.3) is 0 Å². The predicted molar refractivity (Wildman–Crippen MR) is 75.5 cm³/mol. The van der Waals surface area contributed by atoms with Crippen LogP contribution in [0.4, 0.5) is 23.4 Å². The van der Waals surface area contributed by atoms with Crippen LogP contribution in [-0.2, 0) is 6.18 Å². The Balaban J connectivity index is 1.77. The van der Waals surface area contributed by atoms with Gasteiger partial charge in [-0.1, -0.05) is 6.07 Å². The van der Waals surface area contributed by atoms with Crippen LogP contribution in [0.5, 0.6) is 0 Å². The van der Waals surface area contributed by atoms with E-state index in [0.717, 1.165) is 29.6 Å². The van der Waals surface area contributed by atoms with E-state index in [1.807, 2.05) is 4.90 Å². The Morgan fingerprint density at radius 3 is 2.73 bits per heavy atom. The average molecular weight is 331 g/mol. The largest absolute Gasteiger partial charge is 0.434 e. The van der Waals surface area contributed by atoms with Crippen LogP contribution in [0.2, 0.25) is 0 Å². The van der Waals surface area contributed by atoms with Gasteiger partial charge in [0.25, 0.3) is 0 Å². The Morgan fingerprint density at radius 2 is 2.05 bits per heavy atom. The summed E-state index contributed by atoms with van der Waals surface area (Å²) in [4.78, 5) is 9.45. The zero-order valence-corrected chi connectivity index (χ0v) is 12.3. The van der Waals surface area contributed by atoms with E-state index < -0.39 is 17.8 Å². The predicted octanol–water partition coefficient (Wildman–Crippen LogP) is 4.08. The van der Waals surface area contributed by atoms with E-state index in [4.69, 9.17) is 0 Å². The van der Waals surface area contributed by atoms with Crippen molar-refractivity contribution in [1.82, 2.24) is 9.97 Å². The first-order valence-corrected chi connectivity index (χ1v) is 7.71. The van der Waals surface area contributed by atoms with Crippen molar-refractivity contribution in [3.05, 3.63) is 40.2 Å². The van der Waals surface area contributed by atoms with E-state index >= 15 is 0 Å². The molecule has 0 N–H and O–H groups in total. The summed E-state index contributed by atoms with van der Waals surface area (Å²) in [5.41, 5.74) is -0.839. The molecule has 8 heteroatoms. The summed E-state index contributed by atoms with van der Waals surface area (Å²) in [5, 5.41) is 1.53. The van der Waals surface area contributed by atoms with Crippen molar-refractivity contribution >= 4 is 17.2 Å². The molecule has 0 radical (unpaired) electrons. The number of hydrogen-bond donors (Lipinski definition) is 0. The summed E-state index contributed by atoms with van der Waals surface area (Å²) in [6, 6.07) is 4.54. The second-order valence-electron chi connectivity index (χ2n) is 5.17. The molecule has 0 amide bonds. The van der Waals surface area contributed by atoms with E-state index in [0.29, 0.717) is 23.9 Å². The standard InChI is InChI=1S/C14H13F4N3S/c15-11-4-1-5-12(20-11)21-6-2-3-9(7-21)13-19-10(8-22-13)14(16,17)18/h1,4-5,8-9H,2-3,6-7H2. The van der Waals surface area contributed by atoms with Gasteiger partial charge in [-0.3, -0.25) is 0 Å². The highest BCUT2D eigenvalue weighted by Crippen LogP contribution is 2.35. The maximum absolute atomic E-state index is 13.2. The molecule has 118 valence electrons. The molecule has 22 heavy (non-hydrogen) atoms. The van der Waals surface area contributed by atoms with E-state index in [1.165, 1.54) is 6.07 Å². The molecule has 1 fully saturated rings. The van der Waals surface area contributed by atoms with Gasteiger partial charge in [0.2, 0.25) is 5.95 Å². The first-order chi connectivity index (χ1) is 10.4. The van der Waals surface area contributed by atoms with Gasteiger partial charge in [-0.05, 0) is 25.0 Å². The zero-order chi connectivity index (χ0) is 15.7. The summed E-state index contributed by atoms with van der Waals surface area (Å²) in [7, 11) is 0. The minimum Gasteiger partial charge on any atom is -0.356 e. The Morgan fingerprint density at radius 1 is 1.23 bits per heavy atom. The van der Waals surface area contributed by atoms with Crippen LogP contribution in [0, 0.1) is 5.95 Å². The van der Waals surface area contributed by atoms with Crippen LogP contribution < -0.4 is 4.90 Å². The van der Waals surface area contributed by atoms with Crippen molar-refractivity contribution in [2.45, 2.75) is 24.9 Å². The van der Waals surface area contributed by atoms with Gasteiger partial charge in [0.05, 0.1) is 5.01 Å². The number of piperidine rings is 1. The summed E-state index contributed by atoms with van der Waals surface area (Å²) in [5.74, 6) is -0.134. The number of rotatable bonds is 2.